The van der Waals surface area contributed by atoms with Gasteiger partial charge in [0.15, 0.2) is 6.29 Å². The molecular weight excluding hydrogens is 194 g/mol. The molecule has 0 spiro atoms. The van der Waals surface area contributed by atoms with Crippen molar-refractivity contribution in [1.29, 1.82) is 0 Å². The zero-order chi connectivity index (χ0) is 10.9. The zero-order valence-corrected chi connectivity index (χ0v) is 8.81. The van der Waals surface area contributed by atoms with E-state index in [4.69, 9.17) is 9.47 Å². The van der Waals surface area contributed by atoms with E-state index in [2.05, 4.69) is 4.98 Å². The second-order valence-corrected chi connectivity index (χ2v) is 2.94. The maximum Gasteiger partial charge on any atom is 0.168 e. The molecule has 0 N–H and O–H groups in total. The van der Waals surface area contributed by atoms with E-state index >= 15 is 0 Å². The summed E-state index contributed by atoms with van der Waals surface area (Å²) >= 11 is 0. The molecule has 0 unspecified atom stereocenters. The molecule has 0 atom stereocenters. The number of hydrogen-bond acceptors (Lipinski definition) is 4. The number of pyridine rings is 1. The highest BCUT2D eigenvalue weighted by molar-refractivity contribution is 5.71. The molecule has 0 saturated heterocycles. The van der Waals surface area contributed by atoms with E-state index in [1.54, 1.807) is 18.3 Å². The van der Waals surface area contributed by atoms with Crippen molar-refractivity contribution >= 4 is 6.29 Å². The topological polar surface area (TPSA) is 48.4 Å². The second kappa shape index (κ2) is 6.95. The standard InChI is InChI=1S/C11H15NO3/c1-2-14-6-3-7-15-11-5-4-10(9-13)12-8-11/h4-5,8-9H,2-3,6-7H2,1H3. The molecule has 0 aliphatic heterocycles. The van der Waals surface area contributed by atoms with Crippen molar-refractivity contribution in [2.45, 2.75) is 13.3 Å². The summed E-state index contributed by atoms with van der Waals surface area (Å²) in [5, 5.41) is 0. The lowest BCUT2D eigenvalue weighted by molar-refractivity contribution is 0.111. The molecule has 0 aromatic carbocycles. The lowest BCUT2D eigenvalue weighted by Gasteiger charge is -2.05. The van der Waals surface area contributed by atoms with Crippen LogP contribution < -0.4 is 4.74 Å². The molecule has 0 amide bonds. The average Bonchev–Trinajstić information content (AvgIpc) is 2.30. The molecule has 1 aromatic rings. The van der Waals surface area contributed by atoms with Crippen LogP contribution in [0, 0.1) is 0 Å². The molecular formula is C11H15NO3. The minimum atomic E-state index is 0.414. The molecule has 0 radical (unpaired) electrons. The van der Waals surface area contributed by atoms with E-state index in [9.17, 15) is 4.79 Å². The van der Waals surface area contributed by atoms with Crippen molar-refractivity contribution in [3.8, 4) is 5.75 Å². The summed E-state index contributed by atoms with van der Waals surface area (Å²) < 4.78 is 10.6. The van der Waals surface area contributed by atoms with Gasteiger partial charge in [-0.25, -0.2) is 4.98 Å². The van der Waals surface area contributed by atoms with Gasteiger partial charge >= 0.3 is 0 Å². The minimum Gasteiger partial charge on any atom is -0.492 e. The number of aromatic nitrogens is 1. The molecule has 0 bridgehead atoms. The summed E-state index contributed by atoms with van der Waals surface area (Å²) in [5.74, 6) is 0.678. The van der Waals surface area contributed by atoms with Gasteiger partial charge in [0.1, 0.15) is 11.4 Å². The molecule has 4 heteroatoms. The highest BCUT2D eigenvalue weighted by Gasteiger charge is 1.95. The van der Waals surface area contributed by atoms with Gasteiger partial charge in [-0.05, 0) is 19.1 Å². The summed E-state index contributed by atoms with van der Waals surface area (Å²) in [6.45, 7) is 4.00. The normalized spacial score (nSPS) is 9.93. The van der Waals surface area contributed by atoms with Gasteiger partial charge in [0.2, 0.25) is 0 Å². The minimum absolute atomic E-state index is 0.414. The SMILES string of the molecule is CCOCCCOc1ccc(C=O)nc1. The Morgan fingerprint density at radius 3 is 2.87 bits per heavy atom. The van der Waals surface area contributed by atoms with Crippen molar-refractivity contribution in [1.82, 2.24) is 4.98 Å². The second-order valence-electron chi connectivity index (χ2n) is 2.94. The Morgan fingerprint density at radius 1 is 1.40 bits per heavy atom. The van der Waals surface area contributed by atoms with Crippen molar-refractivity contribution in [3.63, 3.8) is 0 Å². The Morgan fingerprint density at radius 2 is 2.27 bits per heavy atom. The van der Waals surface area contributed by atoms with Gasteiger partial charge in [-0.3, -0.25) is 4.79 Å². The van der Waals surface area contributed by atoms with Crippen LogP contribution in [-0.2, 0) is 4.74 Å². The van der Waals surface area contributed by atoms with Gasteiger partial charge in [0, 0.05) is 19.6 Å². The largest absolute Gasteiger partial charge is 0.492 e. The van der Waals surface area contributed by atoms with E-state index in [1.165, 1.54) is 0 Å². The maximum atomic E-state index is 10.3. The van der Waals surface area contributed by atoms with Crippen LogP contribution in [0.3, 0.4) is 0 Å². The van der Waals surface area contributed by atoms with Gasteiger partial charge in [0.25, 0.3) is 0 Å². The van der Waals surface area contributed by atoms with E-state index in [-0.39, 0.29) is 0 Å². The van der Waals surface area contributed by atoms with E-state index in [1.807, 2.05) is 6.92 Å². The van der Waals surface area contributed by atoms with E-state index in [0.29, 0.717) is 30.9 Å². The van der Waals surface area contributed by atoms with Crippen molar-refractivity contribution < 1.29 is 14.3 Å². The lowest BCUT2D eigenvalue weighted by atomic mass is 10.3. The molecule has 0 saturated carbocycles. The fourth-order valence-electron chi connectivity index (χ4n) is 1.04. The molecule has 82 valence electrons. The summed E-state index contributed by atoms with van der Waals surface area (Å²) in [5.41, 5.74) is 0.414. The Labute approximate surface area is 89.2 Å². The number of ether oxygens (including phenoxy) is 2. The maximum absolute atomic E-state index is 10.3. The first-order valence-corrected chi connectivity index (χ1v) is 4.98. The van der Waals surface area contributed by atoms with Crippen molar-refractivity contribution in [2.24, 2.45) is 0 Å². The number of rotatable bonds is 7. The Hall–Kier alpha value is -1.42. The first-order chi connectivity index (χ1) is 7.36. The third-order valence-corrected chi connectivity index (χ3v) is 1.79. The Balaban J connectivity index is 2.22. The summed E-state index contributed by atoms with van der Waals surface area (Å²) in [4.78, 5) is 14.2. The third-order valence-electron chi connectivity index (χ3n) is 1.79. The third kappa shape index (κ3) is 4.56. The van der Waals surface area contributed by atoms with Crippen LogP contribution in [-0.4, -0.2) is 31.1 Å². The summed E-state index contributed by atoms with van der Waals surface area (Å²) in [6, 6.07) is 3.36. The monoisotopic (exact) mass is 209 g/mol. The van der Waals surface area contributed by atoms with Crippen LogP contribution in [0.4, 0.5) is 0 Å². The Bertz CT molecular complexity index is 284. The highest BCUT2D eigenvalue weighted by Crippen LogP contribution is 2.08. The van der Waals surface area contributed by atoms with Gasteiger partial charge in [-0.1, -0.05) is 0 Å². The predicted octanol–water partition coefficient (Wildman–Crippen LogP) is 1.70. The van der Waals surface area contributed by atoms with Crippen LogP contribution in [0.2, 0.25) is 0 Å². The molecule has 0 aliphatic carbocycles. The van der Waals surface area contributed by atoms with Crippen LogP contribution in [0.5, 0.6) is 5.75 Å². The van der Waals surface area contributed by atoms with Gasteiger partial charge in [0.05, 0.1) is 12.8 Å². The molecule has 0 aliphatic rings. The molecule has 4 nitrogen and oxygen atoms in total. The molecule has 15 heavy (non-hydrogen) atoms. The van der Waals surface area contributed by atoms with Crippen LogP contribution in [0.15, 0.2) is 18.3 Å². The highest BCUT2D eigenvalue weighted by atomic mass is 16.5. The summed E-state index contributed by atoms with van der Waals surface area (Å²) in [7, 11) is 0. The average molecular weight is 209 g/mol. The fourth-order valence-corrected chi connectivity index (χ4v) is 1.04. The van der Waals surface area contributed by atoms with Crippen LogP contribution >= 0.6 is 0 Å². The number of carbonyl (C=O) groups is 1. The van der Waals surface area contributed by atoms with E-state index < -0.39 is 0 Å². The van der Waals surface area contributed by atoms with Gasteiger partial charge < -0.3 is 9.47 Å². The van der Waals surface area contributed by atoms with Crippen LogP contribution in [0.25, 0.3) is 0 Å². The molecule has 1 heterocycles. The quantitative estimate of drug-likeness (QED) is 0.506. The molecule has 1 rings (SSSR count). The predicted molar refractivity (Wildman–Crippen MR) is 56.2 cm³/mol. The van der Waals surface area contributed by atoms with Gasteiger partial charge in [-0.15, -0.1) is 0 Å². The number of carbonyl (C=O) groups excluding carboxylic acids is 1. The van der Waals surface area contributed by atoms with Crippen molar-refractivity contribution in [3.05, 3.63) is 24.0 Å². The molecule has 0 fully saturated rings. The van der Waals surface area contributed by atoms with Crippen LogP contribution in [0.1, 0.15) is 23.8 Å². The number of hydrogen-bond donors (Lipinski definition) is 0. The lowest BCUT2D eigenvalue weighted by Crippen LogP contribution is -2.03. The summed E-state index contributed by atoms with van der Waals surface area (Å²) in [6.07, 6.45) is 3.10. The fraction of sp³-hybridized carbons (Fsp3) is 0.455. The first kappa shape index (κ1) is 11.7. The smallest absolute Gasteiger partial charge is 0.168 e. The Kier molecular flexibility index (Phi) is 5.40. The number of aldehydes is 1. The van der Waals surface area contributed by atoms with Crippen molar-refractivity contribution in [2.75, 3.05) is 19.8 Å². The molecule has 1 aromatic heterocycles. The van der Waals surface area contributed by atoms with E-state index in [0.717, 1.165) is 13.0 Å². The zero-order valence-electron chi connectivity index (χ0n) is 8.81. The number of nitrogens with zero attached hydrogens (tertiary/aromatic N) is 1. The first-order valence-electron chi connectivity index (χ1n) is 4.98. The van der Waals surface area contributed by atoms with Gasteiger partial charge in [-0.2, -0.15) is 0 Å².